The number of fused-ring (bicyclic) bond motifs is 1. The summed E-state index contributed by atoms with van der Waals surface area (Å²) in [6, 6.07) is 9.41. The standard InChI is InChI=1S/C24H28F4N4O2S/c1-16(2)13-30-8-9-31(35(33,34)15-24(26,27)28)14-23(30)21-11-18-12-29-32(22(18)10-17(21)3)20-6-4-19(25)5-7-20/h4-7,10-12,16,23H,8-9,13-15H2,1-3H3/t23-/m1/s1. The van der Waals surface area contributed by atoms with Crippen molar-refractivity contribution in [2.75, 3.05) is 31.9 Å². The first kappa shape index (κ1) is 25.6. The molecule has 0 amide bonds. The Labute approximate surface area is 202 Å². The minimum Gasteiger partial charge on any atom is -0.293 e. The van der Waals surface area contributed by atoms with Crippen molar-refractivity contribution in [2.24, 2.45) is 5.92 Å². The maximum Gasteiger partial charge on any atom is 0.404 e. The number of hydrogen-bond donors (Lipinski definition) is 0. The van der Waals surface area contributed by atoms with Gasteiger partial charge in [-0.15, -0.1) is 0 Å². The lowest BCUT2D eigenvalue weighted by molar-refractivity contribution is -0.107. The van der Waals surface area contributed by atoms with Gasteiger partial charge in [-0.1, -0.05) is 13.8 Å². The van der Waals surface area contributed by atoms with E-state index in [1.54, 1.807) is 23.0 Å². The normalized spacial score (nSPS) is 18.6. The first-order valence-electron chi connectivity index (χ1n) is 11.4. The number of aryl methyl sites for hydroxylation is 1. The molecule has 1 aliphatic rings. The fourth-order valence-electron chi connectivity index (χ4n) is 4.67. The second-order valence-electron chi connectivity index (χ2n) is 9.43. The van der Waals surface area contributed by atoms with Crippen LogP contribution in [0, 0.1) is 18.7 Å². The van der Waals surface area contributed by atoms with Crippen LogP contribution in [0.2, 0.25) is 0 Å². The molecule has 1 aliphatic heterocycles. The summed E-state index contributed by atoms with van der Waals surface area (Å²) in [5.41, 5.74) is 3.21. The van der Waals surface area contributed by atoms with Gasteiger partial charge in [-0.3, -0.25) is 4.90 Å². The Morgan fingerprint density at radius 1 is 1.11 bits per heavy atom. The predicted molar refractivity (Wildman–Crippen MR) is 126 cm³/mol. The molecule has 3 aromatic rings. The van der Waals surface area contributed by atoms with Crippen molar-refractivity contribution in [3.63, 3.8) is 0 Å². The molecule has 2 aromatic carbocycles. The van der Waals surface area contributed by atoms with Crippen LogP contribution in [0.15, 0.2) is 42.6 Å². The van der Waals surface area contributed by atoms with E-state index in [1.165, 1.54) is 12.1 Å². The molecule has 0 bridgehead atoms. The average Bonchev–Trinajstić information content (AvgIpc) is 3.14. The highest BCUT2D eigenvalue weighted by atomic mass is 32.2. The van der Waals surface area contributed by atoms with Gasteiger partial charge in [0.05, 0.1) is 17.4 Å². The van der Waals surface area contributed by atoms with Crippen LogP contribution in [0.25, 0.3) is 16.6 Å². The quantitative estimate of drug-likeness (QED) is 0.450. The summed E-state index contributed by atoms with van der Waals surface area (Å²) in [5, 5.41) is 5.23. The lowest BCUT2D eigenvalue weighted by Gasteiger charge is -2.42. The Morgan fingerprint density at radius 3 is 2.43 bits per heavy atom. The van der Waals surface area contributed by atoms with Gasteiger partial charge in [0, 0.05) is 37.6 Å². The molecule has 1 saturated heterocycles. The molecule has 0 aliphatic carbocycles. The van der Waals surface area contributed by atoms with E-state index >= 15 is 0 Å². The summed E-state index contributed by atoms with van der Waals surface area (Å²) in [6.45, 7) is 6.98. The van der Waals surface area contributed by atoms with Gasteiger partial charge in [-0.2, -0.15) is 22.6 Å². The highest BCUT2D eigenvalue weighted by Crippen LogP contribution is 2.34. The van der Waals surface area contributed by atoms with Crippen molar-refractivity contribution in [3.05, 3.63) is 59.5 Å². The van der Waals surface area contributed by atoms with E-state index in [4.69, 9.17) is 0 Å². The number of piperazine rings is 1. The van der Waals surface area contributed by atoms with Gasteiger partial charge < -0.3 is 0 Å². The molecule has 0 N–H and O–H groups in total. The predicted octanol–water partition coefficient (Wildman–Crippen LogP) is 4.68. The lowest BCUT2D eigenvalue weighted by atomic mass is 9.96. The van der Waals surface area contributed by atoms with Crippen LogP contribution >= 0.6 is 0 Å². The third kappa shape index (κ3) is 5.68. The van der Waals surface area contributed by atoms with E-state index in [0.29, 0.717) is 24.7 Å². The summed E-state index contributed by atoms with van der Waals surface area (Å²) in [6.07, 6.45) is -3.12. The third-order valence-electron chi connectivity index (χ3n) is 6.18. The molecular formula is C24H28F4N4O2S. The summed E-state index contributed by atoms with van der Waals surface area (Å²) in [5.74, 6) is -1.92. The summed E-state index contributed by atoms with van der Waals surface area (Å²) in [7, 11) is -4.49. The molecule has 1 fully saturated rings. The van der Waals surface area contributed by atoms with Crippen LogP contribution in [0.5, 0.6) is 0 Å². The van der Waals surface area contributed by atoms with Gasteiger partial charge in [0.2, 0.25) is 10.0 Å². The van der Waals surface area contributed by atoms with Crippen LogP contribution < -0.4 is 0 Å². The number of hydrogen-bond acceptors (Lipinski definition) is 4. The SMILES string of the molecule is Cc1cc2c(cnn2-c2ccc(F)cc2)cc1[C@H]1CN(S(=O)(=O)CC(F)(F)F)CCN1CC(C)C. The van der Waals surface area contributed by atoms with Gasteiger partial charge >= 0.3 is 6.18 Å². The Bertz CT molecular complexity index is 1300. The average molecular weight is 513 g/mol. The second kappa shape index (κ2) is 9.51. The Hall–Kier alpha value is -2.50. The third-order valence-corrected chi connectivity index (χ3v) is 7.99. The fourth-order valence-corrected chi connectivity index (χ4v) is 6.00. The minimum absolute atomic E-state index is 0.0193. The van der Waals surface area contributed by atoms with Crippen LogP contribution in [0.3, 0.4) is 0 Å². The largest absolute Gasteiger partial charge is 0.404 e. The van der Waals surface area contributed by atoms with Gasteiger partial charge in [-0.25, -0.2) is 17.5 Å². The maximum absolute atomic E-state index is 13.4. The molecule has 4 rings (SSSR count). The first-order chi connectivity index (χ1) is 16.3. The van der Waals surface area contributed by atoms with Crippen molar-refractivity contribution in [1.29, 1.82) is 0 Å². The van der Waals surface area contributed by atoms with E-state index < -0.39 is 28.0 Å². The van der Waals surface area contributed by atoms with Crippen molar-refractivity contribution in [1.82, 2.24) is 19.0 Å². The number of halogens is 4. The van der Waals surface area contributed by atoms with Gasteiger partial charge in [0.15, 0.2) is 5.75 Å². The number of nitrogens with zero attached hydrogens (tertiary/aromatic N) is 4. The molecule has 0 spiro atoms. The molecule has 35 heavy (non-hydrogen) atoms. The van der Waals surface area contributed by atoms with Gasteiger partial charge in [0.25, 0.3) is 0 Å². The van der Waals surface area contributed by atoms with Gasteiger partial charge in [0.1, 0.15) is 5.82 Å². The molecule has 1 atom stereocenters. The van der Waals surface area contributed by atoms with Gasteiger partial charge in [-0.05, 0) is 60.4 Å². The number of rotatable bonds is 6. The van der Waals surface area contributed by atoms with E-state index in [1.807, 2.05) is 32.9 Å². The van der Waals surface area contributed by atoms with Crippen molar-refractivity contribution in [3.8, 4) is 5.69 Å². The van der Waals surface area contributed by atoms with Crippen molar-refractivity contribution >= 4 is 20.9 Å². The number of aromatic nitrogens is 2. The van der Waals surface area contributed by atoms with Crippen LogP contribution in [-0.4, -0.2) is 65.5 Å². The van der Waals surface area contributed by atoms with Crippen molar-refractivity contribution < 1.29 is 26.0 Å². The molecule has 0 radical (unpaired) electrons. The molecule has 190 valence electrons. The highest BCUT2D eigenvalue weighted by molar-refractivity contribution is 7.89. The lowest BCUT2D eigenvalue weighted by Crippen LogP contribution is -2.52. The first-order valence-corrected chi connectivity index (χ1v) is 13.0. The molecular weight excluding hydrogens is 484 g/mol. The van der Waals surface area contributed by atoms with Crippen LogP contribution in [0.4, 0.5) is 17.6 Å². The molecule has 0 saturated carbocycles. The molecule has 6 nitrogen and oxygen atoms in total. The van der Waals surface area contributed by atoms with E-state index in [0.717, 1.165) is 26.3 Å². The second-order valence-corrected chi connectivity index (χ2v) is 11.4. The smallest absolute Gasteiger partial charge is 0.293 e. The topological polar surface area (TPSA) is 58.4 Å². The zero-order chi connectivity index (χ0) is 25.5. The van der Waals surface area contributed by atoms with Crippen LogP contribution in [0.1, 0.15) is 31.0 Å². The fraction of sp³-hybridized carbons (Fsp3) is 0.458. The summed E-state index contributed by atoms with van der Waals surface area (Å²) < 4.78 is 79.9. The van der Waals surface area contributed by atoms with E-state index in [2.05, 4.69) is 10.00 Å². The zero-order valence-corrected chi connectivity index (χ0v) is 20.6. The highest BCUT2D eigenvalue weighted by Gasteiger charge is 2.41. The van der Waals surface area contributed by atoms with E-state index in [9.17, 15) is 26.0 Å². The summed E-state index contributed by atoms with van der Waals surface area (Å²) >= 11 is 0. The number of alkyl halides is 3. The summed E-state index contributed by atoms with van der Waals surface area (Å²) in [4.78, 5) is 2.14. The molecule has 1 aromatic heterocycles. The molecule has 11 heteroatoms. The Balaban J connectivity index is 1.72. The van der Waals surface area contributed by atoms with Crippen LogP contribution in [-0.2, 0) is 10.0 Å². The maximum atomic E-state index is 13.4. The molecule has 0 unspecified atom stereocenters. The Morgan fingerprint density at radius 2 is 1.80 bits per heavy atom. The molecule has 2 heterocycles. The van der Waals surface area contributed by atoms with Crippen molar-refractivity contribution in [2.45, 2.75) is 33.0 Å². The number of benzene rings is 2. The minimum atomic E-state index is -4.80. The monoisotopic (exact) mass is 512 g/mol. The zero-order valence-electron chi connectivity index (χ0n) is 19.8. The number of sulfonamides is 1. The Kier molecular flexibility index (Phi) is 6.96. The van der Waals surface area contributed by atoms with E-state index in [-0.39, 0.29) is 18.9 Å².